The molecule has 0 fully saturated rings. The Hall–Kier alpha value is -4.87. The summed E-state index contributed by atoms with van der Waals surface area (Å²) in [6.45, 7) is 1.80. The summed E-state index contributed by atoms with van der Waals surface area (Å²) in [5, 5.41) is 11.3. The van der Waals surface area contributed by atoms with Crippen molar-refractivity contribution in [2.45, 2.75) is 20.0 Å². The summed E-state index contributed by atoms with van der Waals surface area (Å²) in [4.78, 5) is 53.5. The zero-order valence-electron chi connectivity index (χ0n) is 19.3. The highest BCUT2D eigenvalue weighted by Crippen LogP contribution is 2.11. The molecule has 2 aromatic heterocycles. The van der Waals surface area contributed by atoms with E-state index in [4.69, 9.17) is 0 Å². The van der Waals surface area contributed by atoms with E-state index in [2.05, 4.69) is 30.6 Å². The maximum absolute atomic E-state index is 13.5. The van der Waals surface area contributed by atoms with E-state index in [1.807, 2.05) is 0 Å². The SMILES string of the molecule is COC(=O)c1ccc(CNC(=O)c2cc(C(=O)NCc3ccc(F)c(C)c3)nc3n[nH]c(=O)n23)cc1. The second-order valence-corrected chi connectivity index (χ2v) is 7.83. The first-order chi connectivity index (χ1) is 17.3. The topological polar surface area (TPSA) is 148 Å². The molecule has 0 spiro atoms. The van der Waals surface area contributed by atoms with E-state index < -0.39 is 23.5 Å². The van der Waals surface area contributed by atoms with Crippen molar-refractivity contribution in [2.75, 3.05) is 7.11 Å². The molecular formula is C24H21FN6O5. The van der Waals surface area contributed by atoms with Gasteiger partial charge in [0.1, 0.15) is 17.2 Å². The van der Waals surface area contributed by atoms with Crippen molar-refractivity contribution < 1.29 is 23.5 Å². The molecule has 0 saturated heterocycles. The number of esters is 1. The molecule has 4 aromatic rings. The number of fused-ring (bicyclic) bond motifs is 1. The smallest absolute Gasteiger partial charge is 0.349 e. The van der Waals surface area contributed by atoms with Gasteiger partial charge in [-0.2, -0.15) is 0 Å². The number of halogens is 1. The Morgan fingerprint density at radius 2 is 1.67 bits per heavy atom. The summed E-state index contributed by atoms with van der Waals surface area (Å²) in [5.74, 6) is -2.24. The Morgan fingerprint density at radius 1 is 1.00 bits per heavy atom. The number of hydrogen-bond acceptors (Lipinski definition) is 7. The van der Waals surface area contributed by atoms with Crippen molar-refractivity contribution >= 4 is 23.6 Å². The molecule has 0 unspecified atom stereocenters. The number of H-pyrrole nitrogens is 1. The van der Waals surface area contributed by atoms with Crippen LogP contribution in [0.15, 0.2) is 53.3 Å². The van der Waals surface area contributed by atoms with E-state index >= 15 is 0 Å². The Bertz CT molecular complexity index is 1530. The van der Waals surface area contributed by atoms with E-state index in [0.717, 1.165) is 4.40 Å². The van der Waals surface area contributed by atoms with Crippen molar-refractivity contribution in [3.8, 4) is 0 Å². The molecule has 3 N–H and O–H groups in total. The number of benzene rings is 2. The van der Waals surface area contributed by atoms with Gasteiger partial charge in [0.05, 0.1) is 12.7 Å². The minimum atomic E-state index is -0.696. The summed E-state index contributed by atoms with van der Waals surface area (Å²) in [5.41, 5.74) is 1.19. The molecular weight excluding hydrogens is 471 g/mol. The van der Waals surface area contributed by atoms with Gasteiger partial charge in [-0.3, -0.25) is 9.59 Å². The van der Waals surface area contributed by atoms with Crippen molar-refractivity contribution in [1.29, 1.82) is 0 Å². The van der Waals surface area contributed by atoms with Crippen LogP contribution in [-0.2, 0) is 17.8 Å². The minimum Gasteiger partial charge on any atom is -0.465 e. The fourth-order valence-corrected chi connectivity index (χ4v) is 3.44. The highest BCUT2D eigenvalue weighted by Gasteiger charge is 2.19. The molecule has 0 atom stereocenters. The van der Waals surface area contributed by atoms with E-state index in [1.54, 1.807) is 43.3 Å². The fraction of sp³-hybridized carbons (Fsp3) is 0.167. The molecule has 4 rings (SSSR count). The van der Waals surface area contributed by atoms with Crippen molar-refractivity contribution in [3.63, 3.8) is 0 Å². The van der Waals surface area contributed by atoms with Gasteiger partial charge in [0.2, 0.25) is 0 Å². The number of nitrogens with one attached hydrogen (secondary N) is 3. The molecule has 184 valence electrons. The second-order valence-electron chi connectivity index (χ2n) is 7.83. The van der Waals surface area contributed by atoms with Crippen molar-refractivity contribution in [1.82, 2.24) is 30.2 Å². The number of carbonyl (C=O) groups excluding carboxylic acids is 3. The molecule has 11 nitrogen and oxygen atoms in total. The first kappa shape index (κ1) is 24.3. The second kappa shape index (κ2) is 10.2. The van der Waals surface area contributed by atoms with Crippen molar-refractivity contribution in [2.24, 2.45) is 0 Å². The average molecular weight is 492 g/mol. The lowest BCUT2D eigenvalue weighted by atomic mass is 10.1. The number of aryl methyl sites for hydroxylation is 1. The number of hydrogen-bond donors (Lipinski definition) is 3. The van der Waals surface area contributed by atoms with Crippen LogP contribution in [0.5, 0.6) is 0 Å². The lowest BCUT2D eigenvalue weighted by molar-refractivity contribution is 0.0600. The van der Waals surface area contributed by atoms with E-state index in [1.165, 1.54) is 19.2 Å². The highest BCUT2D eigenvalue weighted by atomic mass is 19.1. The number of carbonyl (C=O) groups is 3. The highest BCUT2D eigenvalue weighted by molar-refractivity contribution is 5.98. The number of amides is 2. The predicted octanol–water partition coefficient (Wildman–Crippen LogP) is 1.51. The monoisotopic (exact) mass is 492 g/mol. The molecule has 0 aliphatic heterocycles. The lowest BCUT2D eigenvalue weighted by Crippen LogP contribution is -2.30. The van der Waals surface area contributed by atoms with Gasteiger partial charge in [0.15, 0.2) is 0 Å². The van der Waals surface area contributed by atoms with Crippen LogP contribution in [0, 0.1) is 12.7 Å². The zero-order chi connectivity index (χ0) is 25.8. The average Bonchev–Trinajstić information content (AvgIpc) is 3.27. The van der Waals surface area contributed by atoms with Gasteiger partial charge in [0, 0.05) is 13.1 Å². The molecule has 0 aliphatic carbocycles. The summed E-state index contributed by atoms with van der Waals surface area (Å²) in [7, 11) is 1.28. The Kier molecular flexibility index (Phi) is 6.86. The largest absolute Gasteiger partial charge is 0.465 e. The van der Waals surface area contributed by atoms with Crippen molar-refractivity contribution in [3.05, 3.63) is 98.5 Å². The predicted molar refractivity (Wildman–Crippen MR) is 125 cm³/mol. The van der Waals surface area contributed by atoms with Gasteiger partial charge in [-0.1, -0.05) is 24.3 Å². The molecule has 2 aromatic carbocycles. The van der Waals surface area contributed by atoms with Crippen LogP contribution in [0.4, 0.5) is 4.39 Å². The van der Waals surface area contributed by atoms with Gasteiger partial charge < -0.3 is 15.4 Å². The summed E-state index contributed by atoms with van der Waals surface area (Å²) >= 11 is 0. The number of nitrogens with zero attached hydrogens (tertiary/aromatic N) is 3. The molecule has 12 heteroatoms. The molecule has 0 saturated carbocycles. The van der Waals surface area contributed by atoms with Gasteiger partial charge in [0.25, 0.3) is 17.6 Å². The molecule has 0 aliphatic rings. The van der Waals surface area contributed by atoms with Gasteiger partial charge >= 0.3 is 11.7 Å². The van der Waals surface area contributed by atoms with Gasteiger partial charge in [-0.05, 0) is 47.9 Å². The number of aromatic nitrogens is 4. The van der Waals surface area contributed by atoms with Crippen LogP contribution in [0.1, 0.15) is 48.0 Å². The Balaban J connectivity index is 1.52. The lowest BCUT2D eigenvalue weighted by Gasteiger charge is -2.10. The summed E-state index contributed by atoms with van der Waals surface area (Å²) < 4.78 is 19.1. The number of ether oxygens (including phenoxy) is 1. The zero-order valence-corrected chi connectivity index (χ0v) is 19.3. The van der Waals surface area contributed by atoms with Crippen LogP contribution in [-0.4, -0.2) is 44.5 Å². The van der Waals surface area contributed by atoms with Crippen LogP contribution in [0.25, 0.3) is 5.78 Å². The standard InChI is InChI=1S/C24H21FN6O5/c1-13-9-15(5-8-17(13)25)12-26-20(32)18-10-19(31-23(28-18)29-30-24(31)35)21(33)27-11-14-3-6-16(7-4-14)22(34)36-2/h3-10H,11-12H2,1-2H3,(H,26,32)(H,27,33)(H,30,35). The Labute approximate surface area is 203 Å². The maximum atomic E-state index is 13.5. The van der Waals surface area contributed by atoms with Crippen LogP contribution >= 0.6 is 0 Å². The number of methoxy groups -OCH3 is 1. The molecule has 0 bridgehead atoms. The van der Waals surface area contributed by atoms with E-state index in [9.17, 15) is 23.6 Å². The summed E-state index contributed by atoms with van der Waals surface area (Å²) in [6.07, 6.45) is 0. The molecule has 0 radical (unpaired) electrons. The minimum absolute atomic E-state index is 0.0855. The fourth-order valence-electron chi connectivity index (χ4n) is 3.44. The van der Waals surface area contributed by atoms with Gasteiger partial charge in [-0.25, -0.2) is 28.5 Å². The third-order valence-corrected chi connectivity index (χ3v) is 5.36. The number of aromatic amines is 1. The van der Waals surface area contributed by atoms with Crippen LogP contribution < -0.4 is 16.3 Å². The first-order valence-electron chi connectivity index (χ1n) is 10.7. The quantitative estimate of drug-likeness (QED) is 0.331. The van der Waals surface area contributed by atoms with Crippen LogP contribution in [0.3, 0.4) is 0 Å². The Morgan fingerprint density at radius 3 is 2.36 bits per heavy atom. The third kappa shape index (κ3) is 5.12. The van der Waals surface area contributed by atoms with Crippen LogP contribution in [0.2, 0.25) is 0 Å². The van der Waals surface area contributed by atoms with Gasteiger partial charge in [-0.15, -0.1) is 5.10 Å². The molecule has 2 heterocycles. The number of rotatable bonds is 7. The normalized spacial score (nSPS) is 10.8. The summed E-state index contributed by atoms with van der Waals surface area (Å²) in [6, 6.07) is 12.1. The maximum Gasteiger partial charge on any atom is 0.349 e. The molecule has 2 amide bonds. The first-order valence-corrected chi connectivity index (χ1v) is 10.7. The third-order valence-electron chi connectivity index (χ3n) is 5.36. The molecule has 36 heavy (non-hydrogen) atoms. The van der Waals surface area contributed by atoms with E-state index in [-0.39, 0.29) is 36.1 Å². The van der Waals surface area contributed by atoms with E-state index in [0.29, 0.717) is 22.3 Å².